The molecule has 80 valence electrons. The third kappa shape index (κ3) is 2.43. The van der Waals surface area contributed by atoms with Crippen molar-refractivity contribution in [3.8, 4) is 0 Å². The van der Waals surface area contributed by atoms with Crippen molar-refractivity contribution in [2.24, 2.45) is 0 Å². The first-order valence-electron chi connectivity index (χ1n) is 4.19. The van der Waals surface area contributed by atoms with Gasteiger partial charge >= 0.3 is 0 Å². The fourth-order valence-electron chi connectivity index (χ4n) is 1.07. The number of nitrogens with zero attached hydrogens (tertiary/aromatic N) is 3. The first-order valence-corrected chi connectivity index (χ1v) is 5.17. The molecule has 1 fully saturated rings. The van der Waals surface area contributed by atoms with Crippen molar-refractivity contribution >= 4 is 22.9 Å². The molecule has 1 saturated heterocycles. The van der Waals surface area contributed by atoms with Crippen molar-refractivity contribution in [1.29, 1.82) is 0 Å². The van der Waals surface area contributed by atoms with Gasteiger partial charge < -0.3 is 10.6 Å². The van der Waals surface area contributed by atoms with E-state index in [9.17, 15) is 9.59 Å². The average Bonchev–Trinajstić information content (AvgIpc) is 2.84. The molecule has 1 aromatic heterocycles. The van der Waals surface area contributed by atoms with E-state index in [1.165, 1.54) is 0 Å². The van der Waals surface area contributed by atoms with Crippen molar-refractivity contribution in [2.75, 3.05) is 5.75 Å². The third-order valence-corrected chi connectivity index (χ3v) is 2.68. The van der Waals surface area contributed by atoms with Crippen molar-refractivity contribution in [3.05, 3.63) is 5.82 Å². The number of hydrogen-bond acceptors (Lipinski definition) is 6. The van der Waals surface area contributed by atoms with Gasteiger partial charge in [0.1, 0.15) is 6.04 Å². The summed E-state index contributed by atoms with van der Waals surface area (Å²) in [7, 11) is 0. The molecule has 3 N–H and O–H groups in total. The van der Waals surface area contributed by atoms with E-state index >= 15 is 0 Å². The van der Waals surface area contributed by atoms with Crippen LogP contribution in [0.3, 0.4) is 0 Å². The van der Waals surface area contributed by atoms with Gasteiger partial charge in [0.2, 0.25) is 5.91 Å². The first kappa shape index (κ1) is 9.90. The molecule has 0 radical (unpaired) electrons. The van der Waals surface area contributed by atoms with Gasteiger partial charge in [0.25, 0.3) is 5.24 Å². The zero-order valence-electron chi connectivity index (χ0n) is 7.56. The zero-order valence-corrected chi connectivity index (χ0v) is 8.37. The summed E-state index contributed by atoms with van der Waals surface area (Å²) in [6.07, 6.45) is 0. The van der Waals surface area contributed by atoms with Crippen LogP contribution in [0.1, 0.15) is 5.82 Å². The minimum Gasteiger partial charge on any atom is -0.347 e. The summed E-state index contributed by atoms with van der Waals surface area (Å²) < 4.78 is 0. The number of tetrazole rings is 1. The quantitative estimate of drug-likeness (QED) is 0.589. The highest BCUT2D eigenvalue weighted by atomic mass is 32.2. The summed E-state index contributed by atoms with van der Waals surface area (Å²) >= 11 is 1.10. The van der Waals surface area contributed by atoms with Gasteiger partial charge in [0.05, 0.1) is 6.54 Å². The van der Waals surface area contributed by atoms with Crippen LogP contribution < -0.4 is 10.6 Å². The smallest absolute Gasteiger partial charge is 0.279 e. The number of rotatable bonds is 3. The minimum absolute atomic E-state index is 0.172. The molecular formula is C6H8N6O2S. The summed E-state index contributed by atoms with van der Waals surface area (Å²) in [6.45, 7) is 0.201. The number of aromatic nitrogens is 4. The maximum Gasteiger partial charge on any atom is 0.279 e. The maximum atomic E-state index is 11.5. The fourth-order valence-corrected chi connectivity index (χ4v) is 1.85. The Morgan fingerprint density at radius 2 is 2.53 bits per heavy atom. The Morgan fingerprint density at radius 3 is 3.13 bits per heavy atom. The van der Waals surface area contributed by atoms with E-state index in [-0.39, 0.29) is 17.7 Å². The van der Waals surface area contributed by atoms with Crippen LogP contribution in [0.25, 0.3) is 0 Å². The van der Waals surface area contributed by atoms with Crippen molar-refractivity contribution in [3.63, 3.8) is 0 Å². The Morgan fingerprint density at radius 1 is 1.67 bits per heavy atom. The van der Waals surface area contributed by atoms with Crippen molar-refractivity contribution in [1.82, 2.24) is 31.3 Å². The Bertz CT molecular complexity index is 366. The molecule has 1 aromatic rings. The van der Waals surface area contributed by atoms with Crippen LogP contribution >= 0.6 is 11.8 Å². The molecule has 2 rings (SSSR count). The second-order valence-corrected chi connectivity index (χ2v) is 3.83. The third-order valence-electron chi connectivity index (χ3n) is 1.80. The molecule has 0 spiro atoms. The van der Waals surface area contributed by atoms with E-state index in [1.807, 2.05) is 0 Å². The van der Waals surface area contributed by atoms with Gasteiger partial charge in [-0.15, -0.1) is 10.2 Å². The highest BCUT2D eigenvalue weighted by Gasteiger charge is 2.27. The molecule has 2 heterocycles. The second kappa shape index (κ2) is 4.26. The highest BCUT2D eigenvalue weighted by molar-refractivity contribution is 8.14. The van der Waals surface area contributed by atoms with Crippen molar-refractivity contribution < 1.29 is 9.59 Å². The Kier molecular flexibility index (Phi) is 2.81. The lowest BCUT2D eigenvalue weighted by Crippen LogP contribution is -2.42. The van der Waals surface area contributed by atoms with Crippen LogP contribution in [-0.4, -0.2) is 43.6 Å². The lowest BCUT2D eigenvalue weighted by atomic mass is 10.3. The predicted octanol–water partition coefficient (Wildman–Crippen LogP) is -1.36. The molecule has 1 unspecified atom stereocenters. The number of carbonyl (C=O) groups excluding carboxylic acids is 2. The average molecular weight is 228 g/mol. The number of H-pyrrole nitrogens is 1. The molecule has 15 heavy (non-hydrogen) atoms. The summed E-state index contributed by atoms with van der Waals surface area (Å²) in [5.74, 6) is 0.621. The highest BCUT2D eigenvalue weighted by Crippen LogP contribution is 2.12. The summed E-state index contributed by atoms with van der Waals surface area (Å²) in [5.41, 5.74) is 0. The van der Waals surface area contributed by atoms with Crippen LogP contribution in [-0.2, 0) is 11.3 Å². The standard InChI is InChI=1S/C6H8N6O2S/c13-5(3-2-15-6(14)8-3)7-1-4-9-11-12-10-4/h3H,1-2H2,(H,7,13)(H,8,14)(H,9,10,11,12). The molecule has 0 aliphatic carbocycles. The topological polar surface area (TPSA) is 113 Å². The van der Waals surface area contributed by atoms with Gasteiger partial charge in [-0.25, -0.2) is 0 Å². The van der Waals surface area contributed by atoms with E-state index in [0.29, 0.717) is 11.6 Å². The van der Waals surface area contributed by atoms with Crippen LogP contribution in [0.4, 0.5) is 4.79 Å². The zero-order chi connectivity index (χ0) is 10.7. The summed E-state index contributed by atoms with van der Waals surface area (Å²) in [5, 5.41) is 17.9. The van der Waals surface area contributed by atoms with E-state index < -0.39 is 6.04 Å². The molecule has 1 aliphatic heterocycles. The predicted molar refractivity (Wildman–Crippen MR) is 50.8 cm³/mol. The van der Waals surface area contributed by atoms with Crippen LogP contribution in [0.5, 0.6) is 0 Å². The SMILES string of the molecule is O=C1NC(C(=O)NCc2nn[nH]n2)CS1. The lowest BCUT2D eigenvalue weighted by molar-refractivity contribution is -0.122. The maximum absolute atomic E-state index is 11.5. The molecule has 9 heteroatoms. The van der Waals surface area contributed by atoms with Gasteiger partial charge in [-0.3, -0.25) is 9.59 Å². The molecular weight excluding hydrogens is 220 g/mol. The summed E-state index contributed by atoms with van der Waals surface area (Å²) in [4.78, 5) is 22.3. The molecule has 1 aliphatic rings. The Labute approximate surface area is 88.6 Å². The monoisotopic (exact) mass is 228 g/mol. The number of thioether (sulfide) groups is 1. The van der Waals surface area contributed by atoms with Crippen LogP contribution in [0.2, 0.25) is 0 Å². The minimum atomic E-state index is -0.464. The normalized spacial score (nSPS) is 20.0. The van der Waals surface area contributed by atoms with E-state index in [1.54, 1.807) is 0 Å². The second-order valence-electron chi connectivity index (χ2n) is 2.84. The molecule has 0 bridgehead atoms. The molecule has 0 aromatic carbocycles. The summed E-state index contributed by atoms with van der Waals surface area (Å²) in [6, 6.07) is -0.464. The fraction of sp³-hybridized carbons (Fsp3) is 0.500. The van der Waals surface area contributed by atoms with Crippen molar-refractivity contribution in [2.45, 2.75) is 12.6 Å². The lowest BCUT2D eigenvalue weighted by Gasteiger charge is -2.07. The Balaban J connectivity index is 1.80. The number of amides is 2. The van der Waals surface area contributed by atoms with Gasteiger partial charge in [-0.2, -0.15) is 5.21 Å². The van der Waals surface area contributed by atoms with Gasteiger partial charge in [-0.05, 0) is 0 Å². The van der Waals surface area contributed by atoms with Crippen LogP contribution in [0, 0.1) is 0 Å². The van der Waals surface area contributed by atoms with Gasteiger partial charge in [0, 0.05) is 5.75 Å². The van der Waals surface area contributed by atoms with Crippen LogP contribution in [0.15, 0.2) is 0 Å². The van der Waals surface area contributed by atoms with E-state index in [2.05, 4.69) is 31.3 Å². The molecule has 0 saturated carbocycles. The number of nitrogens with one attached hydrogen (secondary N) is 3. The Hall–Kier alpha value is -1.64. The largest absolute Gasteiger partial charge is 0.347 e. The molecule has 1 atom stereocenters. The first-order chi connectivity index (χ1) is 7.25. The van der Waals surface area contributed by atoms with E-state index in [4.69, 9.17) is 0 Å². The van der Waals surface area contributed by atoms with E-state index in [0.717, 1.165) is 11.8 Å². The number of hydrogen-bond donors (Lipinski definition) is 3. The van der Waals surface area contributed by atoms with Gasteiger partial charge in [0.15, 0.2) is 5.82 Å². The van der Waals surface area contributed by atoms with Gasteiger partial charge in [-0.1, -0.05) is 17.0 Å². The number of carbonyl (C=O) groups is 2. The number of aromatic amines is 1. The molecule has 2 amide bonds. The molecule has 8 nitrogen and oxygen atoms in total.